The Labute approximate surface area is 365 Å². The van der Waals surface area contributed by atoms with Crippen molar-refractivity contribution in [1.29, 1.82) is 0 Å². The van der Waals surface area contributed by atoms with Crippen molar-refractivity contribution in [3.05, 3.63) is 178 Å². The van der Waals surface area contributed by atoms with E-state index in [2.05, 4.69) is 57.3 Å². The number of nitrogens with one attached hydrogen (secondary N) is 2. The lowest BCUT2D eigenvalue weighted by atomic mass is 9.77. The average Bonchev–Trinajstić information content (AvgIpc) is 4.00. The summed E-state index contributed by atoms with van der Waals surface area (Å²) in [6.45, 7) is -0.0485. The first-order valence-electron chi connectivity index (χ1n) is 19.3. The van der Waals surface area contributed by atoms with E-state index in [1.165, 1.54) is 42.2 Å². The van der Waals surface area contributed by atoms with Crippen LogP contribution in [0.25, 0.3) is 6.08 Å². The number of ether oxygens (including phenoxy) is 3. The van der Waals surface area contributed by atoms with Crippen LogP contribution in [0.5, 0.6) is 11.6 Å². The molecule has 14 nitrogen and oxygen atoms in total. The first kappa shape index (κ1) is 41.6. The fourth-order valence-electron chi connectivity index (χ4n) is 7.22. The molecule has 4 aromatic carbocycles. The largest absolute Gasteiger partial charge is 0.497 e. The fraction of sp³-hybridized carbons (Fsp3) is 0.174. The number of anilines is 1. The van der Waals surface area contributed by atoms with E-state index in [0.29, 0.717) is 28.0 Å². The Hall–Kier alpha value is -7.17. The van der Waals surface area contributed by atoms with E-state index in [4.69, 9.17) is 28.6 Å². The van der Waals surface area contributed by atoms with Crippen LogP contribution >= 0.6 is 23.1 Å². The lowest BCUT2D eigenvalue weighted by molar-refractivity contribution is -0.153. The third-order valence-corrected chi connectivity index (χ3v) is 12.3. The molecule has 2 N–H and O–H groups in total. The second-order valence-corrected chi connectivity index (χ2v) is 15.9. The number of allylic oxidation sites excluding steroid dienone is 1. The Balaban J connectivity index is 1.04. The zero-order valence-electron chi connectivity index (χ0n) is 33.7. The first-order chi connectivity index (χ1) is 30.3. The van der Waals surface area contributed by atoms with Crippen LogP contribution in [0, 0.1) is 0 Å². The summed E-state index contributed by atoms with van der Waals surface area (Å²) in [5.74, 6) is -0.262. The van der Waals surface area contributed by atoms with E-state index >= 15 is 0 Å². The maximum absolute atomic E-state index is 14.1. The van der Waals surface area contributed by atoms with Crippen LogP contribution in [0.15, 0.2) is 154 Å². The molecule has 2 aliphatic rings. The van der Waals surface area contributed by atoms with E-state index in [0.717, 1.165) is 22.3 Å². The highest BCUT2D eigenvalue weighted by molar-refractivity contribution is 8.00. The molecule has 1 fully saturated rings. The molecule has 4 heterocycles. The topological polar surface area (TPSA) is 167 Å². The molecule has 0 radical (unpaired) electrons. The Bertz CT molecular complexity index is 2530. The van der Waals surface area contributed by atoms with Crippen LogP contribution in [0.2, 0.25) is 0 Å². The Morgan fingerprint density at radius 1 is 0.887 bits per heavy atom. The number of carbonyl (C=O) groups is 3. The Kier molecular flexibility index (Phi) is 12.5. The number of thioether (sulfide) groups is 1. The summed E-state index contributed by atoms with van der Waals surface area (Å²) in [6, 6.07) is 37.9. The molecule has 6 aromatic rings. The number of β-lactam (4-membered cyclic amide) rings is 1. The SMILES string of the molecule is CO/N=C(\C(=O)N[C@@H]1C(=O)N2C(C(=O)OCc3ccc(OC)cc3)=C(/C=C/c3cc(OC)no3)CS[C@H]12)c1csc(NC(c2ccccc2)(c2ccccc2)c2ccccc2)n1. The number of oxime groups is 1. The molecule has 314 valence electrons. The summed E-state index contributed by atoms with van der Waals surface area (Å²) in [4.78, 5) is 53.3. The van der Waals surface area contributed by atoms with Gasteiger partial charge in [0.15, 0.2) is 16.6 Å². The summed E-state index contributed by atoms with van der Waals surface area (Å²) in [6.07, 6.45) is 3.30. The van der Waals surface area contributed by atoms with Crippen LogP contribution in [0.1, 0.15) is 33.7 Å². The summed E-state index contributed by atoms with van der Waals surface area (Å²) in [7, 11) is 4.37. The molecule has 0 saturated carbocycles. The van der Waals surface area contributed by atoms with Crippen molar-refractivity contribution in [2.75, 3.05) is 32.4 Å². The van der Waals surface area contributed by atoms with Crippen molar-refractivity contribution in [1.82, 2.24) is 20.4 Å². The second kappa shape index (κ2) is 18.6. The van der Waals surface area contributed by atoms with Gasteiger partial charge in [0.2, 0.25) is 0 Å². The second-order valence-electron chi connectivity index (χ2n) is 13.9. The number of methoxy groups -OCH3 is 2. The lowest BCUT2D eigenvalue weighted by Crippen LogP contribution is -2.71. The minimum Gasteiger partial charge on any atom is -0.497 e. The predicted molar refractivity (Wildman–Crippen MR) is 235 cm³/mol. The lowest BCUT2D eigenvalue weighted by Gasteiger charge is -2.49. The molecular formula is C46H40N6O8S2. The van der Waals surface area contributed by atoms with E-state index in [1.807, 2.05) is 54.6 Å². The van der Waals surface area contributed by atoms with Gasteiger partial charge < -0.3 is 34.2 Å². The van der Waals surface area contributed by atoms with E-state index in [1.54, 1.807) is 55.0 Å². The van der Waals surface area contributed by atoms with E-state index in [-0.39, 0.29) is 29.6 Å². The number of rotatable bonds is 16. The summed E-state index contributed by atoms with van der Waals surface area (Å²) in [5.41, 5.74) is 3.47. The molecule has 0 unspecified atom stereocenters. The number of carbonyl (C=O) groups excluding carboxylic acids is 3. The van der Waals surface area contributed by atoms with Gasteiger partial charge in [-0.3, -0.25) is 14.5 Å². The molecule has 2 aliphatic heterocycles. The molecule has 2 atom stereocenters. The molecule has 8 rings (SSSR count). The van der Waals surface area contributed by atoms with Crippen LogP contribution in [-0.4, -0.2) is 77.0 Å². The standard InChI is InChI=1S/C46H40N6O8S2/c1-56-34-22-19-29(20-23-34)26-59-44(55)40-30(21-24-35-25-37(57-2)50-60-35)27-61-43-39(42(54)52(40)43)48-41(53)38(51-58-3)36-28-62-45(47-36)49-46(31-13-7-4-8-14-31,32-15-9-5-10-16-32)33-17-11-6-12-18-33/h4-25,28,39,43H,26-27H2,1-3H3,(H,47,49)(H,48,53)/b24-21+,51-38-/t39-,43-/m1/s1. The van der Waals surface area contributed by atoms with Gasteiger partial charge >= 0.3 is 5.97 Å². The quantitative estimate of drug-likeness (QED) is 0.0336. The van der Waals surface area contributed by atoms with Crippen molar-refractivity contribution in [3.8, 4) is 11.6 Å². The molecule has 0 spiro atoms. The van der Waals surface area contributed by atoms with Crippen LogP contribution in [-0.2, 0) is 36.1 Å². The Morgan fingerprint density at radius 3 is 2.11 bits per heavy atom. The number of aromatic nitrogens is 2. The average molecular weight is 869 g/mol. The predicted octanol–water partition coefficient (Wildman–Crippen LogP) is 7.01. The number of esters is 1. The zero-order chi connectivity index (χ0) is 43.1. The number of thiazole rings is 1. The number of hydrogen-bond donors (Lipinski definition) is 2. The van der Waals surface area contributed by atoms with E-state index < -0.39 is 34.7 Å². The van der Waals surface area contributed by atoms with Crippen LogP contribution in [0.3, 0.4) is 0 Å². The maximum atomic E-state index is 14.1. The number of amides is 2. The number of fused-ring (bicyclic) bond motifs is 1. The molecule has 1 saturated heterocycles. The number of hydrogen-bond acceptors (Lipinski definition) is 14. The molecule has 0 aliphatic carbocycles. The van der Waals surface area contributed by atoms with Gasteiger partial charge in [-0.2, -0.15) is 0 Å². The van der Waals surface area contributed by atoms with Crippen molar-refractivity contribution in [2.24, 2.45) is 5.16 Å². The van der Waals surface area contributed by atoms with E-state index in [9.17, 15) is 14.4 Å². The van der Waals surface area contributed by atoms with Gasteiger partial charge in [-0.1, -0.05) is 114 Å². The monoisotopic (exact) mass is 868 g/mol. The molecule has 2 aromatic heterocycles. The number of benzene rings is 4. The normalized spacial score (nSPS) is 16.3. The maximum Gasteiger partial charge on any atom is 0.355 e. The summed E-state index contributed by atoms with van der Waals surface area (Å²) in [5, 5.41) is 16.0. The molecule has 0 bridgehead atoms. The van der Waals surface area contributed by atoms with Gasteiger partial charge in [-0.25, -0.2) is 9.78 Å². The highest BCUT2D eigenvalue weighted by atomic mass is 32.2. The number of nitrogens with zero attached hydrogens (tertiary/aromatic N) is 4. The minimum absolute atomic E-state index is 0.0485. The van der Waals surface area contributed by atoms with Crippen molar-refractivity contribution in [2.45, 2.75) is 23.6 Å². The van der Waals surface area contributed by atoms with Gasteiger partial charge in [0.05, 0.1) is 14.2 Å². The third-order valence-electron chi connectivity index (χ3n) is 10.2. The smallest absolute Gasteiger partial charge is 0.355 e. The third kappa shape index (κ3) is 8.42. The van der Waals surface area contributed by atoms with Crippen LogP contribution < -0.4 is 20.1 Å². The van der Waals surface area contributed by atoms with Gasteiger partial charge in [0.25, 0.3) is 17.7 Å². The summed E-state index contributed by atoms with van der Waals surface area (Å²) >= 11 is 2.68. The van der Waals surface area contributed by atoms with Crippen LogP contribution in [0.4, 0.5) is 5.13 Å². The van der Waals surface area contributed by atoms with Gasteiger partial charge in [0.1, 0.15) is 47.8 Å². The first-order valence-corrected chi connectivity index (χ1v) is 21.2. The molecular weight excluding hydrogens is 829 g/mol. The van der Waals surface area contributed by atoms with Gasteiger partial charge in [-0.05, 0) is 51.2 Å². The van der Waals surface area contributed by atoms with Crippen molar-refractivity contribution >= 4 is 57.8 Å². The van der Waals surface area contributed by atoms with Crippen molar-refractivity contribution < 1.29 is 38.0 Å². The highest BCUT2D eigenvalue weighted by Crippen LogP contribution is 2.43. The van der Waals surface area contributed by atoms with Crippen molar-refractivity contribution in [3.63, 3.8) is 0 Å². The summed E-state index contributed by atoms with van der Waals surface area (Å²) < 4.78 is 21.4. The molecule has 2 amide bonds. The Morgan fingerprint density at radius 2 is 1.53 bits per heavy atom. The molecule has 16 heteroatoms. The fourth-order valence-corrected chi connectivity index (χ4v) is 9.28. The zero-order valence-corrected chi connectivity index (χ0v) is 35.4. The highest BCUT2D eigenvalue weighted by Gasteiger charge is 2.54. The van der Waals surface area contributed by atoms with Gasteiger partial charge in [0, 0.05) is 17.2 Å². The molecule has 62 heavy (non-hydrogen) atoms. The minimum atomic E-state index is -0.999. The van der Waals surface area contributed by atoms with Gasteiger partial charge in [-0.15, -0.1) is 23.1 Å².